The van der Waals surface area contributed by atoms with Crippen molar-refractivity contribution in [3.05, 3.63) is 0 Å². The van der Waals surface area contributed by atoms with Crippen molar-refractivity contribution in [3.8, 4) is 0 Å². The predicted molar refractivity (Wildman–Crippen MR) is 310 cm³/mol. The van der Waals surface area contributed by atoms with Crippen LogP contribution >= 0.6 is 0 Å². The summed E-state index contributed by atoms with van der Waals surface area (Å²) in [5.41, 5.74) is 0. The molecule has 7 unspecified atom stereocenters. The van der Waals surface area contributed by atoms with Crippen LogP contribution in [0.15, 0.2) is 0 Å². The molecule has 0 aromatic rings. The summed E-state index contributed by atoms with van der Waals surface area (Å²) in [5, 5.41) is 45.2. The second kappa shape index (κ2) is 52.5. The Morgan fingerprint density at radius 1 is 0.480 bits per heavy atom. The molecule has 1 aliphatic heterocycles. The molecule has 0 bridgehead atoms. The molecule has 1 aliphatic rings. The Labute approximate surface area is 462 Å². The van der Waals surface area contributed by atoms with E-state index < -0.39 is 59.9 Å². The third-order valence-corrected chi connectivity index (χ3v) is 16.4. The second-order valence-corrected chi connectivity index (χ2v) is 24.1. The normalized spacial score (nSPS) is 18.9. The lowest BCUT2D eigenvalue weighted by Gasteiger charge is -2.41. The van der Waals surface area contributed by atoms with Crippen LogP contribution in [0.25, 0.3) is 0 Å². The number of unbranched alkanes of at least 4 members (excludes halogenated alkanes) is 46. The SMILES string of the molecule is CCCCCCCCCCCCCCCCCCCCCCCCCCCCCCCC(=O)NC(COC1OC(CO)C(O)C(OS(=O)(=O)O)C1O)C(O)CCCCCCCCCCCCCCCCCCCCC. The van der Waals surface area contributed by atoms with Gasteiger partial charge in [-0.15, -0.1) is 0 Å². The predicted octanol–water partition coefficient (Wildman–Crippen LogP) is 16.0. The summed E-state index contributed by atoms with van der Waals surface area (Å²) in [5.74, 6) is -0.220. The number of nitrogens with one attached hydrogen (secondary N) is 1. The Bertz CT molecular complexity index is 1330. The summed E-state index contributed by atoms with van der Waals surface area (Å²) in [6, 6.07) is -0.854. The van der Waals surface area contributed by atoms with Gasteiger partial charge in [0.15, 0.2) is 6.29 Å². The maximum Gasteiger partial charge on any atom is 0.397 e. The molecule has 1 amide bonds. The minimum absolute atomic E-state index is 0.220. The van der Waals surface area contributed by atoms with Crippen molar-refractivity contribution in [2.24, 2.45) is 0 Å². The molecule has 1 saturated heterocycles. The largest absolute Gasteiger partial charge is 0.397 e. The van der Waals surface area contributed by atoms with E-state index in [9.17, 15) is 38.2 Å². The van der Waals surface area contributed by atoms with Crippen LogP contribution in [0.3, 0.4) is 0 Å². The fraction of sp³-hybridized carbons (Fsp3) is 0.984. The van der Waals surface area contributed by atoms with E-state index in [1.807, 2.05) is 0 Å². The minimum Gasteiger partial charge on any atom is -0.394 e. The van der Waals surface area contributed by atoms with Gasteiger partial charge in [0.2, 0.25) is 5.91 Å². The van der Waals surface area contributed by atoms with Gasteiger partial charge in [0, 0.05) is 6.42 Å². The first-order valence-electron chi connectivity index (χ1n) is 32.4. The van der Waals surface area contributed by atoms with Crippen LogP contribution in [-0.2, 0) is 28.9 Å². The van der Waals surface area contributed by atoms with E-state index in [-0.39, 0.29) is 12.5 Å². The molecule has 0 radical (unpaired) electrons. The van der Waals surface area contributed by atoms with Gasteiger partial charge in [0.25, 0.3) is 0 Å². The first-order valence-corrected chi connectivity index (χ1v) is 33.8. The highest BCUT2D eigenvalue weighted by Crippen LogP contribution is 2.27. The second-order valence-electron chi connectivity index (χ2n) is 23.1. The summed E-state index contributed by atoms with van der Waals surface area (Å²) in [7, 11) is -5.08. The average molecular weight is 1090 g/mol. The molecular formula is C62H123NO11S. The van der Waals surface area contributed by atoms with Gasteiger partial charge in [0.05, 0.1) is 25.4 Å². The van der Waals surface area contributed by atoms with Crippen LogP contribution < -0.4 is 5.32 Å². The number of carbonyl (C=O) groups excluding carboxylic acids is 1. The van der Waals surface area contributed by atoms with E-state index in [1.54, 1.807) is 0 Å². The van der Waals surface area contributed by atoms with Crippen molar-refractivity contribution in [1.82, 2.24) is 5.32 Å². The van der Waals surface area contributed by atoms with E-state index in [0.29, 0.717) is 12.8 Å². The van der Waals surface area contributed by atoms with E-state index in [0.717, 1.165) is 51.4 Å². The molecule has 0 saturated carbocycles. The molecule has 1 rings (SSSR count). The van der Waals surface area contributed by atoms with Gasteiger partial charge >= 0.3 is 10.4 Å². The first-order chi connectivity index (χ1) is 36.5. The molecule has 6 N–H and O–H groups in total. The summed E-state index contributed by atoms with van der Waals surface area (Å²) in [4.78, 5) is 13.2. The van der Waals surface area contributed by atoms with E-state index in [2.05, 4.69) is 23.3 Å². The fourth-order valence-electron chi connectivity index (χ4n) is 10.9. The Morgan fingerprint density at radius 2 is 0.773 bits per heavy atom. The van der Waals surface area contributed by atoms with Crippen LogP contribution in [-0.4, -0.2) is 95.4 Å². The van der Waals surface area contributed by atoms with Gasteiger partial charge in [-0.25, -0.2) is 4.18 Å². The number of hydrogen-bond donors (Lipinski definition) is 6. The topological polar surface area (TPSA) is 192 Å². The molecule has 12 nitrogen and oxygen atoms in total. The van der Waals surface area contributed by atoms with Crippen LogP contribution in [0, 0.1) is 0 Å². The Balaban J connectivity index is 2.25. The Kier molecular flexibility index (Phi) is 50.5. The average Bonchev–Trinajstić information content (AvgIpc) is 3.39. The lowest BCUT2D eigenvalue weighted by Crippen LogP contribution is -2.61. The molecule has 7 atom stereocenters. The van der Waals surface area contributed by atoms with Crippen molar-refractivity contribution < 1.29 is 51.8 Å². The van der Waals surface area contributed by atoms with Gasteiger partial charge in [-0.3, -0.25) is 9.35 Å². The van der Waals surface area contributed by atoms with E-state index >= 15 is 0 Å². The summed E-state index contributed by atoms with van der Waals surface area (Å²) < 4.78 is 48.0. The van der Waals surface area contributed by atoms with Crippen molar-refractivity contribution in [3.63, 3.8) is 0 Å². The fourth-order valence-corrected chi connectivity index (χ4v) is 11.4. The van der Waals surface area contributed by atoms with Crippen molar-refractivity contribution in [2.45, 2.75) is 378 Å². The van der Waals surface area contributed by atoms with E-state index in [4.69, 9.17) is 9.47 Å². The third-order valence-electron chi connectivity index (χ3n) is 15.9. The molecule has 0 spiro atoms. The zero-order valence-electron chi connectivity index (χ0n) is 48.9. The minimum atomic E-state index is -5.08. The number of hydrogen-bond acceptors (Lipinski definition) is 10. The summed E-state index contributed by atoms with van der Waals surface area (Å²) >= 11 is 0. The van der Waals surface area contributed by atoms with Crippen LogP contribution in [0.1, 0.15) is 335 Å². The number of aliphatic hydroxyl groups excluding tert-OH is 4. The first kappa shape index (κ1) is 72.1. The number of rotatable bonds is 58. The molecule has 13 heteroatoms. The zero-order valence-corrected chi connectivity index (χ0v) is 49.7. The third kappa shape index (κ3) is 44.5. The standard InChI is InChI=1S/C62H123NO11S/c1-3-5-7-9-11-13-15-17-19-21-23-24-25-26-27-28-29-30-31-32-34-36-38-40-42-44-46-48-50-52-58(66)63-55(54-72-62-60(68)61(74-75(69,70)71)59(67)57(53-64)73-62)56(65)51-49-47-45-43-41-39-37-35-33-22-20-18-16-14-12-10-8-6-4-2/h55-57,59-62,64-65,67-68H,3-54H2,1-2H3,(H,63,66)(H,69,70,71). The number of carbonyl (C=O) groups is 1. The highest BCUT2D eigenvalue weighted by Gasteiger charge is 2.48. The zero-order chi connectivity index (χ0) is 54.7. The maximum absolute atomic E-state index is 13.2. The Hall–Kier alpha value is -0.900. The number of aliphatic hydroxyl groups is 4. The molecule has 1 fully saturated rings. The molecule has 448 valence electrons. The van der Waals surface area contributed by atoms with Gasteiger partial charge in [-0.2, -0.15) is 8.42 Å². The van der Waals surface area contributed by atoms with Crippen molar-refractivity contribution in [1.29, 1.82) is 0 Å². The Morgan fingerprint density at radius 3 is 1.07 bits per heavy atom. The smallest absolute Gasteiger partial charge is 0.394 e. The van der Waals surface area contributed by atoms with Crippen LogP contribution in [0.5, 0.6) is 0 Å². The van der Waals surface area contributed by atoms with Gasteiger partial charge < -0.3 is 35.2 Å². The van der Waals surface area contributed by atoms with Crippen molar-refractivity contribution in [2.75, 3.05) is 13.2 Å². The molecule has 0 aromatic heterocycles. The van der Waals surface area contributed by atoms with Crippen molar-refractivity contribution >= 4 is 16.3 Å². The van der Waals surface area contributed by atoms with Crippen LogP contribution in [0.2, 0.25) is 0 Å². The van der Waals surface area contributed by atoms with Gasteiger partial charge in [0.1, 0.15) is 24.4 Å². The summed E-state index contributed by atoms with van der Waals surface area (Å²) in [6.07, 6.45) is 54.1. The molecule has 0 aromatic carbocycles. The van der Waals surface area contributed by atoms with Crippen LogP contribution in [0.4, 0.5) is 0 Å². The highest BCUT2D eigenvalue weighted by molar-refractivity contribution is 7.80. The van der Waals surface area contributed by atoms with Gasteiger partial charge in [-0.05, 0) is 12.8 Å². The summed E-state index contributed by atoms with van der Waals surface area (Å²) in [6.45, 7) is 3.52. The number of ether oxygens (including phenoxy) is 2. The monoisotopic (exact) mass is 1090 g/mol. The lowest BCUT2D eigenvalue weighted by molar-refractivity contribution is -0.298. The molecule has 75 heavy (non-hydrogen) atoms. The van der Waals surface area contributed by atoms with Gasteiger partial charge in [-0.1, -0.05) is 316 Å². The molecule has 0 aliphatic carbocycles. The maximum atomic E-state index is 13.2. The lowest BCUT2D eigenvalue weighted by atomic mass is 9.99. The molecule has 1 heterocycles. The molecular weight excluding hydrogens is 967 g/mol. The quantitative estimate of drug-likeness (QED) is 0.0251. The highest BCUT2D eigenvalue weighted by atomic mass is 32.3. The van der Waals surface area contributed by atoms with E-state index in [1.165, 1.54) is 257 Å². The number of amides is 1.